The number of likely N-dealkylation sites (tertiary alicyclic amines) is 1. The summed E-state index contributed by atoms with van der Waals surface area (Å²) in [7, 11) is 0. The number of nitrogens with one attached hydrogen (secondary N) is 3. The Balaban J connectivity index is 1.16. The molecule has 0 saturated carbocycles. The van der Waals surface area contributed by atoms with E-state index in [1.165, 1.54) is 44.3 Å². The fourth-order valence-corrected chi connectivity index (χ4v) is 7.15. The first-order valence-electron chi connectivity index (χ1n) is 17.0. The largest absolute Gasteiger partial charge is 0.340 e. The summed E-state index contributed by atoms with van der Waals surface area (Å²) in [6, 6.07) is 9.67. The van der Waals surface area contributed by atoms with E-state index in [0.717, 1.165) is 89.2 Å². The number of H-pyrrole nitrogens is 2. The third kappa shape index (κ3) is 7.11. The number of allylic oxidation sites excluding steroid dienone is 2. The van der Waals surface area contributed by atoms with Crippen molar-refractivity contribution in [2.75, 3.05) is 32.7 Å². The minimum absolute atomic E-state index is 0.241. The number of aromatic nitrogens is 6. The van der Waals surface area contributed by atoms with Crippen molar-refractivity contribution in [2.45, 2.75) is 51.9 Å². The molecule has 6 heterocycles. The van der Waals surface area contributed by atoms with Crippen LogP contribution in [0.5, 0.6) is 0 Å². The number of rotatable bonds is 11. The van der Waals surface area contributed by atoms with Gasteiger partial charge in [-0.1, -0.05) is 24.8 Å². The number of aromatic amines is 2. The van der Waals surface area contributed by atoms with E-state index < -0.39 is 0 Å². The number of hydrogen-bond acceptors (Lipinski definition) is 6. The molecule has 1 aromatic carbocycles. The molecule has 0 radical (unpaired) electrons. The van der Waals surface area contributed by atoms with E-state index in [2.05, 4.69) is 60.1 Å². The Morgan fingerprint density at radius 3 is 2.68 bits per heavy atom. The van der Waals surface area contributed by atoms with Crippen LogP contribution in [0.25, 0.3) is 39.3 Å². The van der Waals surface area contributed by atoms with Crippen LogP contribution in [-0.4, -0.2) is 67.8 Å². The number of fused-ring (bicyclic) bond motifs is 1. The summed E-state index contributed by atoms with van der Waals surface area (Å²) in [5, 5.41) is 12.0. The molecule has 0 amide bonds. The van der Waals surface area contributed by atoms with Crippen molar-refractivity contribution < 1.29 is 4.39 Å². The fourth-order valence-electron chi connectivity index (χ4n) is 7.15. The van der Waals surface area contributed by atoms with Gasteiger partial charge in [-0.05, 0) is 131 Å². The van der Waals surface area contributed by atoms with Gasteiger partial charge in [-0.25, -0.2) is 14.4 Å². The summed E-state index contributed by atoms with van der Waals surface area (Å²) in [5.41, 5.74) is 8.85. The van der Waals surface area contributed by atoms with Crippen molar-refractivity contribution in [3.63, 3.8) is 0 Å². The Hall–Kier alpha value is -4.47. The molecule has 0 atom stereocenters. The maximum Gasteiger partial charge on any atom is 0.181 e. The normalized spacial score (nSPS) is 16.3. The third-order valence-corrected chi connectivity index (χ3v) is 9.59. The topological polar surface area (TPSA) is 98.4 Å². The van der Waals surface area contributed by atoms with Crippen LogP contribution < -0.4 is 5.32 Å². The highest BCUT2D eigenvalue weighted by molar-refractivity contribution is 5.92. The van der Waals surface area contributed by atoms with Crippen LogP contribution in [0.1, 0.15) is 60.2 Å². The van der Waals surface area contributed by atoms with Crippen molar-refractivity contribution in [3.8, 4) is 22.6 Å². The van der Waals surface area contributed by atoms with Crippen molar-refractivity contribution in [3.05, 3.63) is 102 Å². The molecule has 2 aliphatic rings. The summed E-state index contributed by atoms with van der Waals surface area (Å²) in [5.74, 6) is 1.09. The monoisotopic (exact) mass is 630 g/mol. The zero-order chi connectivity index (χ0) is 32.2. The molecule has 4 aromatic heterocycles. The van der Waals surface area contributed by atoms with Gasteiger partial charge in [-0.15, -0.1) is 0 Å². The van der Waals surface area contributed by atoms with Crippen molar-refractivity contribution in [1.82, 2.24) is 40.3 Å². The van der Waals surface area contributed by atoms with Gasteiger partial charge >= 0.3 is 0 Å². The van der Waals surface area contributed by atoms with E-state index in [1.54, 1.807) is 18.2 Å². The molecule has 9 heteroatoms. The van der Waals surface area contributed by atoms with Gasteiger partial charge < -0.3 is 15.2 Å². The summed E-state index contributed by atoms with van der Waals surface area (Å²) in [6.07, 6.45) is 17.2. The minimum Gasteiger partial charge on any atom is -0.340 e. The van der Waals surface area contributed by atoms with Crippen LogP contribution in [0.4, 0.5) is 4.39 Å². The molecule has 8 nitrogen and oxygen atoms in total. The lowest BCUT2D eigenvalue weighted by Crippen LogP contribution is -2.28. The second kappa shape index (κ2) is 14.1. The quantitative estimate of drug-likeness (QED) is 0.135. The highest BCUT2D eigenvalue weighted by atomic mass is 19.1. The highest BCUT2D eigenvalue weighted by Gasteiger charge is 2.20. The zero-order valence-electron chi connectivity index (χ0n) is 27.2. The van der Waals surface area contributed by atoms with Crippen LogP contribution in [0.2, 0.25) is 0 Å². The molecule has 5 aromatic rings. The molecule has 2 fully saturated rings. The number of aryl methyl sites for hydroxylation is 2. The predicted octanol–water partition coefficient (Wildman–Crippen LogP) is 7.05. The van der Waals surface area contributed by atoms with E-state index in [9.17, 15) is 4.39 Å². The highest BCUT2D eigenvalue weighted by Crippen LogP contribution is 2.32. The van der Waals surface area contributed by atoms with E-state index in [0.29, 0.717) is 17.4 Å². The van der Waals surface area contributed by atoms with Crippen LogP contribution in [-0.2, 0) is 12.8 Å². The first-order valence-corrected chi connectivity index (χ1v) is 17.0. The van der Waals surface area contributed by atoms with Crippen LogP contribution >= 0.6 is 0 Å². The van der Waals surface area contributed by atoms with E-state index >= 15 is 0 Å². The second-order valence-corrected chi connectivity index (χ2v) is 13.0. The second-order valence-electron chi connectivity index (χ2n) is 13.0. The number of pyridine rings is 2. The lowest BCUT2D eigenvalue weighted by Gasteiger charge is -2.22. The van der Waals surface area contributed by atoms with Gasteiger partial charge in [0.1, 0.15) is 11.5 Å². The lowest BCUT2D eigenvalue weighted by molar-refractivity contribution is 0.334. The number of hydrogen-bond donors (Lipinski definition) is 3. The molecule has 2 aliphatic heterocycles. The van der Waals surface area contributed by atoms with Gasteiger partial charge in [0.05, 0.1) is 11.1 Å². The fraction of sp³-hybridized carbons (Fsp3) is 0.368. The van der Waals surface area contributed by atoms with Gasteiger partial charge in [0.15, 0.2) is 11.5 Å². The van der Waals surface area contributed by atoms with Gasteiger partial charge in [0.2, 0.25) is 0 Å². The number of halogens is 1. The number of piperidine rings is 1. The minimum atomic E-state index is -0.241. The first-order chi connectivity index (χ1) is 23.0. The van der Waals surface area contributed by atoms with Gasteiger partial charge in [0.25, 0.3) is 0 Å². The summed E-state index contributed by atoms with van der Waals surface area (Å²) in [6.45, 7) is 11.5. The van der Waals surface area contributed by atoms with Gasteiger partial charge in [-0.3, -0.25) is 10.1 Å². The van der Waals surface area contributed by atoms with Crippen molar-refractivity contribution in [1.29, 1.82) is 0 Å². The molecule has 7 rings (SSSR count). The number of benzene rings is 1. The summed E-state index contributed by atoms with van der Waals surface area (Å²) in [4.78, 5) is 20.2. The molecule has 0 aliphatic carbocycles. The predicted molar refractivity (Wildman–Crippen MR) is 186 cm³/mol. The zero-order valence-corrected chi connectivity index (χ0v) is 27.2. The Morgan fingerprint density at radius 2 is 1.85 bits per heavy atom. The molecule has 0 bridgehead atoms. The van der Waals surface area contributed by atoms with Crippen LogP contribution in [0.15, 0.2) is 67.7 Å². The molecule has 0 unspecified atom stereocenters. The average Bonchev–Trinajstić information content (AvgIpc) is 3.84. The molecular weight excluding hydrogens is 587 g/mol. The van der Waals surface area contributed by atoms with Crippen LogP contribution in [0, 0.1) is 18.7 Å². The SMILES string of the molecule is C=C/C=C(/c1cc(F)cc(CCCN2CCCC2)c1)c1nc(-c2[nH]nc3ncc(-c4cncc(CC5CCNCC5)c4)cc23)[nH]c1C. The lowest BCUT2D eigenvalue weighted by atomic mass is 9.91. The smallest absolute Gasteiger partial charge is 0.181 e. The number of imidazole rings is 1. The first kappa shape index (κ1) is 31.1. The molecular formula is C38H43FN8. The van der Waals surface area contributed by atoms with E-state index in [1.807, 2.05) is 31.6 Å². The van der Waals surface area contributed by atoms with E-state index in [-0.39, 0.29) is 5.82 Å². The van der Waals surface area contributed by atoms with Crippen molar-refractivity contribution in [2.24, 2.45) is 5.92 Å². The maximum atomic E-state index is 15.0. The molecule has 242 valence electrons. The molecule has 3 N–H and O–H groups in total. The van der Waals surface area contributed by atoms with Gasteiger partial charge in [0, 0.05) is 41.0 Å². The summed E-state index contributed by atoms with van der Waals surface area (Å²) >= 11 is 0. The number of nitrogens with zero attached hydrogens (tertiary/aromatic N) is 5. The Kier molecular flexibility index (Phi) is 9.35. The van der Waals surface area contributed by atoms with Crippen molar-refractivity contribution >= 4 is 16.6 Å². The van der Waals surface area contributed by atoms with E-state index in [4.69, 9.17) is 4.98 Å². The van der Waals surface area contributed by atoms with Crippen LogP contribution in [0.3, 0.4) is 0 Å². The molecule has 2 saturated heterocycles. The maximum absolute atomic E-state index is 15.0. The Labute approximate surface area is 275 Å². The average molecular weight is 631 g/mol. The Bertz CT molecular complexity index is 1890. The summed E-state index contributed by atoms with van der Waals surface area (Å²) < 4.78 is 15.0. The Morgan fingerprint density at radius 1 is 1.02 bits per heavy atom. The molecule has 0 spiro atoms. The molecule has 47 heavy (non-hydrogen) atoms. The standard InChI is InChI=1S/C38H43FN8/c1-3-7-33(29-17-27(19-32(39)20-29)8-6-15-47-13-4-5-14-47)35-25(2)43-38(44-35)36-34-21-31(24-42-37(34)46-45-36)30-18-28(22-41-23-30)16-26-9-11-40-12-10-26/h3,7,17-24,26,40H,1,4-6,8-16H2,2H3,(H,43,44)(H,42,45,46)/b33-7-. The third-order valence-electron chi connectivity index (χ3n) is 9.59. The van der Waals surface area contributed by atoms with Gasteiger partial charge in [-0.2, -0.15) is 5.10 Å².